The number of rotatable bonds is 8. The molecular formula is C10H22FOP. The maximum Gasteiger partial charge on any atom is 0.244 e. The van der Waals surface area contributed by atoms with E-state index in [1.807, 2.05) is 0 Å². The lowest BCUT2D eigenvalue weighted by molar-refractivity contribution is 0.532. The zero-order valence-corrected chi connectivity index (χ0v) is 9.78. The summed E-state index contributed by atoms with van der Waals surface area (Å²) in [5.74, 6) is 0. The first-order valence-corrected chi connectivity index (χ1v) is 7.37. The molecule has 0 aliphatic carbocycles. The van der Waals surface area contributed by atoms with Gasteiger partial charge in [-0.15, -0.1) is 0 Å². The molecule has 0 fully saturated rings. The Kier molecular flexibility index (Phi) is 7.65. The quantitative estimate of drug-likeness (QED) is 0.420. The second-order valence-corrected chi connectivity index (χ2v) is 6.13. The van der Waals surface area contributed by atoms with Crippen molar-refractivity contribution in [1.82, 2.24) is 0 Å². The Morgan fingerprint density at radius 2 is 1.31 bits per heavy atom. The Hall–Kier alpha value is 0.160. The summed E-state index contributed by atoms with van der Waals surface area (Å²) in [7, 11) is -3.25. The van der Waals surface area contributed by atoms with Gasteiger partial charge in [0, 0.05) is 12.3 Å². The van der Waals surface area contributed by atoms with Crippen molar-refractivity contribution in [3.63, 3.8) is 0 Å². The van der Waals surface area contributed by atoms with Crippen LogP contribution in [0.5, 0.6) is 0 Å². The summed E-state index contributed by atoms with van der Waals surface area (Å²) in [5, 5.41) is 0. The van der Waals surface area contributed by atoms with Crippen LogP contribution in [0.2, 0.25) is 0 Å². The topological polar surface area (TPSA) is 17.1 Å². The minimum absolute atomic E-state index is 0.310. The minimum atomic E-state index is -3.25. The smallest absolute Gasteiger partial charge is 0.244 e. The van der Waals surface area contributed by atoms with E-state index < -0.39 is 7.45 Å². The molecule has 1 nitrogen and oxygen atoms in total. The molecule has 0 aliphatic rings. The molecule has 0 rings (SSSR count). The third-order valence-corrected chi connectivity index (χ3v) is 4.16. The molecule has 0 saturated heterocycles. The van der Waals surface area contributed by atoms with Crippen molar-refractivity contribution >= 4 is 7.45 Å². The van der Waals surface area contributed by atoms with E-state index in [0.29, 0.717) is 12.3 Å². The minimum Gasteiger partial charge on any atom is -0.288 e. The SMILES string of the molecule is CCCCCP(=O)(F)CCCCC. The lowest BCUT2D eigenvalue weighted by atomic mass is 10.3. The second kappa shape index (κ2) is 7.55. The summed E-state index contributed by atoms with van der Waals surface area (Å²) in [5.41, 5.74) is 0. The van der Waals surface area contributed by atoms with Crippen LogP contribution in [0, 0.1) is 0 Å². The van der Waals surface area contributed by atoms with Crippen molar-refractivity contribution in [2.75, 3.05) is 12.3 Å². The molecule has 0 bridgehead atoms. The van der Waals surface area contributed by atoms with Crippen LogP contribution in [0.15, 0.2) is 0 Å². The van der Waals surface area contributed by atoms with Crippen molar-refractivity contribution in [2.45, 2.75) is 52.4 Å². The Morgan fingerprint density at radius 3 is 1.62 bits per heavy atom. The van der Waals surface area contributed by atoms with Crippen LogP contribution in [0.4, 0.5) is 4.20 Å². The first-order valence-electron chi connectivity index (χ1n) is 5.40. The molecule has 80 valence electrons. The lowest BCUT2D eigenvalue weighted by Gasteiger charge is -2.07. The molecule has 0 heterocycles. The molecule has 13 heavy (non-hydrogen) atoms. The van der Waals surface area contributed by atoms with Gasteiger partial charge in [0.05, 0.1) is 0 Å². The van der Waals surface area contributed by atoms with Crippen LogP contribution in [0.3, 0.4) is 0 Å². The monoisotopic (exact) mass is 208 g/mol. The summed E-state index contributed by atoms with van der Waals surface area (Å²) < 4.78 is 24.6. The largest absolute Gasteiger partial charge is 0.288 e. The highest BCUT2D eigenvalue weighted by Gasteiger charge is 2.18. The van der Waals surface area contributed by atoms with Crippen molar-refractivity contribution in [3.8, 4) is 0 Å². The van der Waals surface area contributed by atoms with Crippen LogP contribution < -0.4 is 0 Å². The molecule has 0 aromatic rings. The Morgan fingerprint density at radius 1 is 0.923 bits per heavy atom. The third kappa shape index (κ3) is 8.49. The fourth-order valence-corrected chi connectivity index (χ4v) is 2.92. The number of unbranched alkanes of at least 4 members (excludes halogenated alkanes) is 4. The first-order chi connectivity index (χ1) is 6.12. The highest BCUT2D eigenvalue weighted by molar-refractivity contribution is 7.58. The molecule has 0 N–H and O–H groups in total. The van der Waals surface area contributed by atoms with Gasteiger partial charge < -0.3 is 0 Å². The lowest BCUT2D eigenvalue weighted by Crippen LogP contribution is -1.91. The van der Waals surface area contributed by atoms with Crippen LogP contribution in [0.1, 0.15) is 52.4 Å². The van der Waals surface area contributed by atoms with Crippen LogP contribution in [0.25, 0.3) is 0 Å². The standard InChI is InChI=1S/C10H22FOP/c1-3-5-7-9-13(11,12)10-8-6-4-2/h3-10H2,1-2H3. The molecule has 0 aromatic carbocycles. The van der Waals surface area contributed by atoms with Crippen molar-refractivity contribution < 1.29 is 8.76 Å². The van der Waals surface area contributed by atoms with Gasteiger partial charge in [0.15, 0.2) is 0 Å². The average Bonchev–Trinajstić information content (AvgIpc) is 2.05. The van der Waals surface area contributed by atoms with E-state index in [0.717, 1.165) is 38.5 Å². The number of hydrogen-bond acceptors (Lipinski definition) is 1. The summed E-state index contributed by atoms with van der Waals surface area (Å²) in [6.45, 7) is 4.14. The zero-order valence-electron chi connectivity index (χ0n) is 8.89. The first kappa shape index (κ1) is 13.2. The summed E-state index contributed by atoms with van der Waals surface area (Å²) >= 11 is 0. The van der Waals surface area contributed by atoms with Gasteiger partial charge in [-0.3, -0.25) is 4.57 Å². The van der Waals surface area contributed by atoms with Gasteiger partial charge in [0.25, 0.3) is 0 Å². The fraction of sp³-hybridized carbons (Fsp3) is 1.00. The van der Waals surface area contributed by atoms with Gasteiger partial charge in [-0.25, -0.2) is 0 Å². The van der Waals surface area contributed by atoms with E-state index in [2.05, 4.69) is 13.8 Å². The molecular weight excluding hydrogens is 186 g/mol. The third-order valence-electron chi connectivity index (χ3n) is 2.19. The molecule has 0 atom stereocenters. The van der Waals surface area contributed by atoms with Gasteiger partial charge in [-0.1, -0.05) is 39.5 Å². The molecule has 0 aliphatic heterocycles. The van der Waals surface area contributed by atoms with Crippen LogP contribution in [-0.2, 0) is 4.57 Å². The highest BCUT2D eigenvalue weighted by atomic mass is 31.2. The summed E-state index contributed by atoms with van der Waals surface area (Å²) in [6, 6.07) is 0. The molecule has 0 unspecified atom stereocenters. The van der Waals surface area contributed by atoms with E-state index >= 15 is 0 Å². The van der Waals surface area contributed by atoms with Crippen LogP contribution in [-0.4, -0.2) is 12.3 Å². The molecule has 0 spiro atoms. The fourth-order valence-electron chi connectivity index (χ4n) is 1.31. The molecule has 0 radical (unpaired) electrons. The predicted octanol–water partition coefficient (Wildman–Crippen LogP) is 4.61. The number of halogens is 1. The van der Waals surface area contributed by atoms with Gasteiger partial charge in [0.1, 0.15) is 0 Å². The van der Waals surface area contributed by atoms with E-state index in [1.54, 1.807) is 0 Å². The molecule has 0 amide bonds. The number of hydrogen-bond donors (Lipinski definition) is 0. The Balaban J connectivity index is 3.49. The average molecular weight is 208 g/mol. The van der Waals surface area contributed by atoms with E-state index in [4.69, 9.17) is 0 Å². The van der Waals surface area contributed by atoms with E-state index in [9.17, 15) is 8.76 Å². The molecule has 0 aromatic heterocycles. The zero-order chi connectivity index (χ0) is 10.2. The second-order valence-electron chi connectivity index (χ2n) is 3.65. The van der Waals surface area contributed by atoms with Gasteiger partial charge >= 0.3 is 0 Å². The molecule has 0 saturated carbocycles. The highest BCUT2D eigenvalue weighted by Crippen LogP contribution is 2.48. The summed E-state index contributed by atoms with van der Waals surface area (Å²) in [6.07, 6.45) is 6.33. The van der Waals surface area contributed by atoms with Crippen molar-refractivity contribution in [3.05, 3.63) is 0 Å². The Bertz CT molecular complexity index is 145. The predicted molar refractivity (Wildman–Crippen MR) is 57.5 cm³/mol. The maximum absolute atomic E-state index is 13.3. The normalized spacial score (nSPS) is 11.9. The van der Waals surface area contributed by atoms with E-state index in [-0.39, 0.29) is 0 Å². The van der Waals surface area contributed by atoms with Crippen LogP contribution >= 0.6 is 7.45 Å². The Labute approximate surface area is 81.6 Å². The van der Waals surface area contributed by atoms with Gasteiger partial charge in [-0.05, 0) is 12.8 Å². The van der Waals surface area contributed by atoms with Gasteiger partial charge in [-0.2, -0.15) is 4.20 Å². The van der Waals surface area contributed by atoms with Crippen molar-refractivity contribution in [1.29, 1.82) is 0 Å². The van der Waals surface area contributed by atoms with Gasteiger partial charge in [0.2, 0.25) is 7.45 Å². The van der Waals surface area contributed by atoms with E-state index in [1.165, 1.54) is 0 Å². The maximum atomic E-state index is 13.3. The van der Waals surface area contributed by atoms with Crippen molar-refractivity contribution in [2.24, 2.45) is 0 Å². The summed E-state index contributed by atoms with van der Waals surface area (Å²) in [4.78, 5) is 0. The molecule has 3 heteroatoms.